The second kappa shape index (κ2) is 6.03. The van der Waals surface area contributed by atoms with E-state index in [0.29, 0.717) is 12.1 Å². The molecule has 114 valence electrons. The Labute approximate surface area is 125 Å². The molecule has 0 radical (unpaired) electrons. The zero-order valence-electron chi connectivity index (χ0n) is 12.6. The molecule has 0 saturated carbocycles. The average molecular weight is 288 g/mol. The molecule has 2 aliphatic heterocycles. The van der Waals surface area contributed by atoms with Gasteiger partial charge in [0.05, 0.1) is 0 Å². The van der Waals surface area contributed by atoms with Crippen LogP contribution < -0.4 is 16.6 Å². The fourth-order valence-electron chi connectivity index (χ4n) is 3.67. The summed E-state index contributed by atoms with van der Waals surface area (Å²) >= 11 is 0. The Bertz CT molecular complexity index is 531. The molecule has 21 heavy (non-hydrogen) atoms. The molecule has 0 aliphatic carbocycles. The lowest BCUT2D eigenvalue weighted by Crippen LogP contribution is -2.46. The first-order valence-electron chi connectivity index (χ1n) is 7.81. The van der Waals surface area contributed by atoms with Crippen molar-refractivity contribution in [2.75, 3.05) is 18.5 Å². The molecule has 2 unspecified atom stereocenters. The van der Waals surface area contributed by atoms with E-state index in [1.54, 1.807) is 0 Å². The first kappa shape index (κ1) is 14.4. The van der Waals surface area contributed by atoms with Crippen LogP contribution in [0.2, 0.25) is 0 Å². The highest BCUT2D eigenvalue weighted by Gasteiger charge is 2.36. The van der Waals surface area contributed by atoms with Crippen LogP contribution in [-0.4, -0.2) is 36.0 Å². The van der Waals surface area contributed by atoms with Crippen LogP contribution in [0.1, 0.15) is 41.6 Å². The van der Waals surface area contributed by atoms with E-state index in [1.807, 2.05) is 25.1 Å². The average Bonchev–Trinajstić information content (AvgIpc) is 2.90. The molecule has 0 bridgehead atoms. The molecular formula is C16H24N4O. The van der Waals surface area contributed by atoms with Gasteiger partial charge in [-0.1, -0.05) is 6.42 Å². The molecule has 5 nitrogen and oxygen atoms in total. The van der Waals surface area contributed by atoms with Crippen LogP contribution in [0.4, 0.5) is 5.69 Å². The van der Waals surface area contributed by atoms with Crippen molar-refractivity contribution >= 4 is 11.6 Å². The number of anilines is 1. The number of amides is 1. The molecule has 1 aromatic rings. The topological polar surface area (TPSA) is 70.4 Å². The van der Waals surface area contributed by atoms with E-state index in [0.717, 1.165) is 29.8 Å². The van der Waals surface area contributed by atoms with Gasteiger partial charge in [0.2, 0.25) is 0 Å². The summed E-state index contributed by atoms with van der Waals surface area (Å²) in [6.07, 6.45) is 4.85. The highest BCUT2D eigenvalue weighted by molar-refractivity contribution is 5.96. The van der Waals surface area contributed by atoms with Crippen LogP contribution in [0.15, 0.2) is 18.2 Å². The summed E-state index contributed by atoms with van der Waals surface area (Å²) in [4.78, 5) is 15.0. The minimum absolute atomic E-state index is 0.0356. The summed E-state index contributed by atoms with van der Waals surface area (Å²) in [7, 11) is 0. The number of benzene rings is 1. The summed E-state index contributed by atoms with van der Waals surface area (Å²) in [5, 5.41) is 3.24. The first-order chi connectivity index (χ1) is 10.2. The molecule has 3 rings (SSSR count). The van der Waals surface area contributed by atoms with E-state index >= 15 is 0 Å². The highest BCUT2D eigenvalue weighted by Crippen LogP contribution is 2.27. The Morgan fingerprint density at radius 3 is 2.90 bits per heavy atom. The molecule has 0 spiro atoms. The van der Waals surface area contributed by atoms with E-state index in [4.69, 9.17) is 5.84 Å². The lowest BCUT2D eigenvalue weighted by atomic mass is 9.98. The maximum absolute atomic E-state index is 12.5. The summed E-state index contributed by atoms with van der Waals surface area (Å²) in [5.41, 5.74) is 5.11. The van der Waals surface area contributed by atoms with Crippen molar-refractivity contribution in [2.24, 2.45) is 5.84 Å². The Hall–Kier alpha value is -1.59. The molecule has 0 aromatic heterocycles. The third-order valence-corrected chi connectivity index (χ3v) is 4.81. The number of hydrogen-bond donors (Lipinski definition) is 3. The Morgan fingerprint density at radius 1 is 1.29 bits per heavy atom. The number of rotatable bonds is 3. The van der Waals surface area contributed by atoms with Gasteiger partial charge < -0.3 is 10.7 Å². The second-order valence-corrected chi connectivity index (χ2v) is 6.14. The van der Waals surface area contributed by atoms with Crippen LogP contribution >= 0.6 is 0 Å². The van der Waals surface area contributed by atoms with E-state index in [1.165, 1.54) is 25.8 Å². The van der Waals surface area contributed by atoms with E-state index in [-0.39, 0.29) is 5.91 Å². The number of nitrogen functional groups attached to an aromatic ring is 1. The SMILES string of the molecule is Cc1cc(NN)ccc1C(=O)NC1CCN2CCCCC12. The molecule has 5 heteroatoms. The van der Waals surface area contributed by atoms with Crippen LogP contribution in [0.5, 0.6) is 0 Å². The predicted molar refractivity (Wildman–Crippen MR) is 84.1 cm³/mol. The van der Waals surface area contributed by atoms with Crippen molar-refractivity contribution in [3.05, 3.63) is 29.3 Å². The van der Waals surface area contributed by atoms with Crippen molar-refractivity contribution < 1.29 is 4.79 Å². The second-order valence-electron chi connectivity index (χ2n) is 6.14. The monoisotopic (exact) mass is 288 g/mol. The van der Waals surface area contributed by atoms with Crippen LogP contribution in [0.3, 0.4) is 0 Å². The van der Waals surface area contributed by atoms with Gasteiger partial charge in [0.25, 0.3) is 5.91 Å². The van der Waals surface area contributed by atoms with Gasteiger partial charge in [-0.15, -0.1) is 0 Å². The lowest BCUT2D eigenvalue weighted by Gasteiger charge is -2.32. The maximum atomic E-state index is 12.5. The molecule has 1 amide bonds. The molecule has 4 N–H and O–H groups in total. The third kappa shape index (κ3) is 2.89. The lowest BCUT2D eigenvalue weighted by molar-refractivity contribution is 0.0914. The summed E-state index contributed by atoms with van der Waals surface area (Å²) in [6.45, 7) is 4.24. The van der Waals surface area contributed by atoms with Crippen molar-refractivity contribution in [3.8, 4) is 0 Å². The van der Waals surface area contributed by atoms with Crippen molar-refractivity contribution in [1.29, 1.82) is 0 Å². The van der Waals surface area contributed by atoms with E-state index < -0.39 is 0 Å². The van der Waals surface area contributed by atoms with Gasteiger partial charge in [-0.05, 0) is 56.5 Å². The highest BCUT2D eigenvalue weighted by atomic mass is 16.1. The van der Waals surface area contributed by atoms with E-state index in [9.17, 15) is 4.79 Å². The number of hydrazine groups is 1. The van der Waals surface area contributed by atoms with E-state index in [2.05, 4.69) is 15.6 Å². The number of nitrogens with zero attached hydrogens (tertiary/aromatic N) is 1. The minimum Gasteiger partial charge on any atom is -0.348 e. The molecule has 2 saturated heterocycles. The summed E-state index contributed by atoms with van der Waals surface area (Å²) in [6, 6.07) is 6.41. The van der Waals surface area contributed by atoms with Gasteiger partial charge in [-0.2, -0.15) is 0 Å². The summed E-state index contributed by atoms with van der Waals surface area (Å²) in [5.74, 6) is 5.43. The predicted octanol–water partition coefficient (Wildman–Crippen LogP) is 1.64. The Balaban J connectivity index is 1.69. The van der Waals surface area contributed by atoms with Gasteiger partial charge in [0.1, 0.15) is 0 Å². The summed E-state index contributed by atoms with van der Waals surface area (Å²) < 4.78 is 0. The molecule has 2 heterocycles. The van der Waals surface area contributed by atoms with Crippen LogP contribution in [-0.2, 0) is 0 Å². The number of nitrogens with one attached hydrogen (secondary N) is 2. The zero-order chi connectivity index (χ0) is 14.8. The van der Waals surface area contributed by atoms with Gasteiger partial charge in [-0.3, -0.25) is 15.5 Å². The minimum atomic E-state index is 0.0356. The zero-order valence-corrected chi connectivity index (χ0v) is 12.6. The van der Waals surface area contributed by atoms with Gasteiger partial charge in [-0.25, -0.2) is 0 Å². The maximum Gasteiger partial charge on any atom is 0.251 e. The number of hydrogen-bond acceptors (Lipinski definition) is 4. The smallest absolute Gasteiger partial charge is 0.251 e. The number of nitrogens with two attached hydrogens (primary N) is 1. The number of fused-ring (bicyclic) bond motifs is 1. The number of aryl methyl sites for hydroxylation is 1. The number of carbonyl (C=O) groups excluding carboxylic acids is 1. The Kier molecular flexibility index (Phi) is 4.12. The molecule has 2 atom stereocenters. The number of piperidine rings is 1. The normalized spacial score (nSPS) is 25.4. The standard InChI is InChI=1S/C16H24N4O/c1-11-10-12(19-17)5-6-13(11)16(21)18-14-7-9-20-8-3-2-4-15(14)20/h5-6,10,14-15,19H,2-4,7-9,17H2,1H3,(H,18,21). The van der Waals surface area contributed by atoms with Crippen molar-refractivity contribution in [1.82, 2.24) is 10.2 Å². The quantitative estimate of drug-likeness (QED) is 0.584. The van der Waals surface area contributed by atoms with Crippen molar-refractivity contribution in [3.63, 3.8) is 0 Å². The molecule has 2 fully saturated rings. The fourth-order valence-corrected chi connectivity index (χ4v) is 3.67. The van der Waals surface area contributed by atoms with Gasteiger partial charge >= 0.3 is 0 Å². The molecule has 2 aliphatic rings. The van der Waals surface area contributed by atoms with Crippen LogP contribution in [0, 0.1) is 6.92 Å². The Morgan fingerprint density at radius 2 is 2.14 bits per heavy atom. The van der Waals surface area contributed by atoms with Crippen molar-refractivity contribution in [2.45, 2.75) is 44.7 Å². The first-order valence-corrected chi connectivity index (χ1v) is 7.81. The van der Waals surface area contributed by atoms with Crippen LogP contribution in [0.25, 0.3) is 0 Å². The fraction of sp³-hybridized carbons (Fsp3) is 0.562. The number of carbonyl (C=O) groups is 1. The molecule has 1 aromatic carbocycles. The largest absolute Gasteiger partial charge is 0.348 e. The third-order valence-electron chi connectivity index (χ3n) is 4.81. The van der Waals surface area contributed by atoms with Gasteiger partial charge in [0.15, 0.2) is 0 Å². The van der Waals surface area contributed by atoms with Gasteiger partial charge in [0, 0.05) is 29.9 Å². The molecular weight excluding hydrogens is 264 g/mol.